The number of hydrogen-bond acceptors (Lipinski definition) is 2. The first kappa shape index (κ1) is 14.2. The molecule has 2 aromatic carbocycles. The zero-order chi connectivity index (χ0) is 14.7. The second kappa shape index (κ2) is 6.37. The van der Waals surface area contributed by atoms with E-state index in [0.29, 0.717) is 17.7 Å². The third-order valence-corrected chi connectivity index (χ3v) is 4.22. The minimum absolute atomic E-state index is 0.433. The molecule has 0 unspecified atom stereocenters. The summed E-state index contributed by atoms with van der Waals surface area (Å²) < 4.78 is 5.83. The van der Waals surface area contributed by atoms with Gasteiger partial charge in [0.15, 0.2) is 0 Å². The van der Waals surface area contributed by atoms with Crippen molar-refractivity contribution in [2.24, 2.45) is 5.73 Å². The number of rotatable bonds is 5. The molecule has 108 valence electrons. The van der Waals surface area contributed by atoms with E-state index in [0.717, 1.165) is 16.7 Å². The Hall–Kier alpha value is -1.71. The molecule has 0 aromatic heterocycles. The predicted molar refractivity (Wildman–Crippen MR) is 90.2 cm³/mol. The third-order valence-electron chi connectivity index (χ3n) is 4.00. The Kier molecular flexibility index (Phi) is 4.32. The Balaban J connectivity index is 1.75. The van der Waals surface area contributed by atoms with Gasteiger partial charge < -0.3 is 10.5 Å². The first-order valence-corrected chi connectivity index (χ1v) is 7.74. The van der Waals surface area contributed by atoms with E-state index in [2.05, 4.69) is 24.3 Å². The standard InChI is InChI=1S/C18H19NOS/c19-18(21)17-7-2-1-6-16(17)14-10-8-13(9-11-14)12-20-15-4-3-5-15/h1-2,6-11,15H,3-5,12H2,(H2,19,21). The molecule has 2 N–H and O–H groups in total. The number of thiocarbonyl (C=S) groups is 1. The molecule has 2 aromatic rings. The van der Waals surface area contributed by atoms with Gasteiger partial charge in [0.05, 0.1) is 12.7 Å². The van der Waals surface area contributed by atoms with Gasteiger partial charge in [0.1, 0.15) is 4.99 Å². The molecule has 1 saturated carbocycles. The maximum absolute atomic E-state index is 5.83. The van der Waals surface area contributed by atoms with Gasteiger partial charge in [0, 0.05) is 5.56 Å². The number of ether oxygens (including phenoxy) is 1. The van der Waals surface area contributed by atoms with Crippen LogP contribution in [0.5, 0.6) is 0 Å². The largest absolute Gasteiger partial charge is 0.389 e. The highest BCUT2D eigenvalue weighted by Crippen LogP contribution is 2.26. The van der Waals surface area contributed by atoms with Gasteiger partial charge in [-0.1, -0.05) is 60.7 Å². The van der Waals surface area contributed by atoms with Crippen LogP contribution in [0.3, 0.4) is 0 Å². The lowest BCUT2D eigenvalue weighted by molar-refractivity contribution is -0.00865. The van der Waals surface area contributed by atoms with Crippen LogP contribution in [0.15, 0.2) is 48.5 Å². The SMILES string of the molecule is NC(=S)c1ccccc1-c1ccc(COC2CCC2)cc1. The lowest BCUT2D eigenvalue weighted by Gasteiger charge is -2.25. The molecule has 0 amide bonds. The smallest absolute Gasteiger partial charge is 0.104 e. The first-order chi connectivity index (χ1) is 10.2. The van der Waals surface area contributed by atoms with Gasteiger partial charge in [0.2, 0.25) is 0 Å². The van der Waals surface area contributed by atoms with Crippen LogP contribution in [0.1, 0.15) is 30.4 Å². The number of nitrogens with two attached hydrogens (primary N) is 1. The van der Waals surface area contributed by atoms with Crippen LogP contribution in [-0.4, -0.2) is 11.1 Å². The molecule has 3 heteroatoms. The van der Waals surface area contributed by atoms with Crippen LogP contribution in [0, 0.1) is 0 Å². The van der Waals surface area contributed by atoms with Crippen LogP contribution in [0.25, 0.3) is 11.1 Å². The lowest BCUT2D eigenvalue weighted by atomic mass is 9.96. The van der Waals surface area contributed by atoms with Gasteiger partial charge in [-0.15, -0.1) is 0 Å². The van der Waals surface area contributed by atoms with Crippen molar-refractivity contribution in [2.75, 3.05) is 0 Å². The van der Waals surface area contributed by atoms with E-state index in [4.69, 9.17) is 22.7 Å². The van der Waals surface area contributed by atoms with Crippen molar-refractivity contribution in [3.05, 3.63) is 59.7 Å². The molecule has 1 aliphatic rings. The summed E-state index contributed by atoms with van der Waals surface area (Å²) in [5.41, 5.74) is 10.1. The second-order valence-corrected chi connectivity index (χ2v) is 5.91. The summed E-state index contributed by atoms with van der Waals surface area (Å²) in [6.07, 6.45) is 4.19. The van der Waals surface area contributed by atoms with E-state index < -0.39 is 0 Å². The van der Waals surface area contributed by atoms with E-state index in [9.17, 15) is 0 Å². The molecular weight excluding hydrogens is 278 g/mol. The van der Waals surface area contributed by atoms with Crippen molar-refractivity contribution in [3.63, 3.8) is 0 Å². The molecule has 0 spiro atoms. The monoisotopic (exact) mass is 297 g/mol. The second-order valence-electron chi connectivity index (χ2n) is 5.47. The number of benzene rings is 2. The van der Waals surface area contributed by atoms with Gasteiger partial charge in [-0.05, 0) is 36.0 Å². The van der Waals surface area contributed by atoms with E-state index in [-0.39, 0.29) is 0 Å². The summed E-state index contributed by atoms with van der Waals surface area (Å²) in [6, 6.07) is 16.4. The van der Waals surface area contributed by atoms with Crippen LogP contribution < -0.4 is 5.73 Å². The Morgan fingerprint density at radius 1 is 1.10 bits per heavy atom. The third kappa shape index (κ3) is 3.31. The molecule has 0 aliphatic heterocycles. The van der Waals surface area contributed by atoms with Gasteiger partial charge in [0.25, 0.3) is 0 Å². The molecule has 1 aliphatic carbocycles. The highest BCUT2D eigenvalue weighted by atomic mass is 32.1. The molecule has 3 rings (SSSR count). The van der Waals surface area contributed by atoms with Gasteiger partial charge in [-0.3, -0.25) is 0 Å². The van der Waals surface area contributed by atoms with Crippen molar-refractivity contribution < 1.29 is 4.74 Å². The van der Waals surface area contributed by atoms with Crippen LogP contribution in [0.4, 0.5) is 0 Å². The Labute approximate surface area is 130 Å². The van der Waals surface area contributed by atoms with Crippen LogP contribution >= 0.6 is 12.2 Å². The van der Waals surface area contributed by atoms with Crippen molar-refractivity contribution in [1.29, 1.82) is 0 Å². The highest BCUT2D eigenvalue weighted by molar-refractivity contribution is 7.80. The van der Waals surface area contributed by atoms with Crippen molar-refractivity contribution in [2.45, 2.75) is 32.0 Å². The topological polar surface area (TPSA) is 35.2 Å². The van der Waals surface area contributed by atoms with Gasteiger partial charge >= 0.3 is 0 Å². The highest BCUT2D eigenvalue weighted by Gasteiger charge is 2.17. The summed E-state index contributed by atoms with van der Waals surface area (Å²) in [7, 11) is 0. The lowest BCUT2D eigenvalue weighted by Crippen LogP contribution is -2.21. The predicted octanol–water partition coefficient (Wildman–Crippen LogP) is 4.06. The average molecular weight is 297 g/mol. The number of hydrogen-bond donors (Lipinski definition) is 1. The minimum Gasteiger partial charge on any atom is -0.389 e. The minimum atomic E-state index is 0.433. The Bertz CT molecular complexity index is 632. The molecule has 21 heavy (non-hydrogen) atoms. The van der Waals surface area contributed by atoms with Crippen molar-refractivity contribution >= 4 is 17.2 Å². The van der Waals surface area contributed by atoms with Gasteiger partial charge in [-0.2, -0.15) is 0 Å². The molecule has 1 fully saturated rings. The van der Waals surface area contributed by atoms with Gasteiger partial charge in [-0.25, -0.2) is 0 Å². The fourth-order valence-corrected chi connectivity index (χ4v) is 2.66. The fraction of sp³-hybridized carbons (Fsp3) is 0.278. The fourth-order valence-electron chi connectivity index (χ4n) is 2.48. The molecule has 0 atom stereocenters. The maximum Gasteiger partial charge on any atom is 0.104 e. The molecular formula is C18H19NOS. The quantitative estimate of drug-likeness (QED) is 0.845. The molecule has 0 bridgehead atoms. The van der Waals surface area contributed by atoms with E-state index in [1.165, 1.54) is 24.8 Å². The molecule has 0 saturated heterocycles. The van der Waals surface area contributed by atoms with Crippen LogP contribution in [-0.2, 0) is 11.3 Å². The van der Waals surface area contributed by atoms with Crippen LogP contribution in [0.2, 0.25) is 0 Å². The molecule has 2 nitrogen and oxygen atoms in total. The van der Waals surface area contributed by atoms with Crippen molar-refractivity contribution in [1.82, 2.24) is 0 Å². The zero-order valence-electron chi connectivity index (χ0n) is 11.9. The summed E-state index contributed by atoms with van der Waals surface area (Å²) in [5.74, 6) is 0. The summed E-state index contributed by atoms with van der Waals surface area (Å²) in [6.45, 7) is 0.696. The summed E-state index contributed by atoms with van der Waals surface area (Å²) >= 11 is 5.12. The Morgan fingerprint density at radius 3 is 2.43 bits per heavy atom. The van der Waals surface area contributed by atoms with E-state index in [1.807, 2.05) is 24.3 Å². The molecule has 0 radical (unpaired) electrons. The van der Waals surface area contributed by atoms with Crippen molar-refractivity contribution in [3.8, 4) is 11.1 Å². The van der Waals surface area contributed by atoms with E-state index >= 15 is 0 Å². The first-order valence-electron chi connectivity index (χ1n) is 7.34. The van der Waals surface area contributed by atoms with E-state index in [1.54, 1.807) is 0 Å². The summed E-state index contributed by atoms with van der Waals surface area (Å²) in [5, 5.41) is 0. The Morgan fingerprint density at radius 2 is 1.81 bits per heavy atom. The normalized spacial score (nSPS) is 14.7. The maximum atomic E-state index is 5.83. The average Bonchev–Trinajstić information content (AvgIpc) is 2.46. The summed E-state index contributed by atoms with van der Waals surface area (Å²) in [4.78, 5) is 0.433. The zero-order valence-corrected chi connectivity index (χ0v) is 12.7. The molecule has 0 heterocycles.